The molecule has 1 aliphatic rings. The van der Waals surface area contributed by atoms with E-state index in [-0.39, 0.29) is 5.91 Å². The van der Waals surface area contributed by atoms with Crippen LogP contribution in [0.25, 0.3) is 0 Å². The molecule has 3 rings (SSSR count). The zero-order valence-corrected chi connectivity index (χ0v) is 16.6. The van der Waals surface area contributed by atoms with Gasteiger partial charge in [0.15, 0.2) is 0 Å². The molecule has 2 heterocycles. The molecule has 0 unspecified atom stereocenters. The monoisotopic (exact) mass is 370 g/mol. The van der Waals surface area contributed by atoms with E-state index in [1.807, 2.05) is 43.1 Å². The first kappa shape index (κ1) is 19.5. The van der Waals surface area contributed by atoms with Gasteiger partial charge in [0.05, 0.1) is 13.1 Å². The molecule has 0 spiro atoms. The molecule has 1 aromatic carbocycles. The fourth-order valence-corrected chi connectivity index (χ4v) is 3.42. The maximum absolute atomic E-state index is 12.3. The fraction of sp³-hybridized carbons (Fsp3) is 0.476. The Bertz CT molecular complexity index is 733. The first-order chi connectivity index (χ1) is 13.0. The van der Waals surface area contributed by atoms with Gasteiger partial charge >= 0.3 is 0 Å². The zero-order valence-electron chi connectivity index (χ0n) is 16.6. The molecule has 1 saturated heterocycles. The molecule has 27 heavy (non-hydrogen) atoms. The lowest BCUT2D eigenvalue weighted by Crippen LogP contribution is -2.46. The van der Waals surface area contributed by atoms with Crippen molar-refractivity contribution in [1.29, 1.82) is 0 Å². The number of nitrogens with zero attached hydrogens (tertiary/aromatic N) is 3. The summed E-state index contributed by atoms with van der Waals surface area (Å²) in [5, 5.41) is 2.97. The van der Waals surface area contributed by atoms with Gasteiger partial charge in [-0.15, -0.1) is 0 Å². The van der Waals surface area contributed by atoms with Crippen LogP contribution in [0.1, 0.15) is 18.4 Å². The summed E-state index contributed by atoms with van der Waals surface area (Å²) in [6.45, 7) is 10.5. The van der Waals surface area contributed by atoms with Crippen LogP contribution in [0, 0.1) is 6.92 Å². The minimum absolute atomic E-state index is 0.0231. The molecule has 6 heteroatoms. The van der Waals surface area contributed by atoms with Crippen molar-refractivity contribution in [2.45, 2.75) is 20.4 Å². The van der Waals surface area contributed by atoms with Gasteiger partial charge in [-0.05, 0) is 56.9 Å². The maximum Gasteiger partial charge on any atom is 0.238 e. The Balaban J connectivity index is 1.47. The minimum atomic E-state index is -0.0231. The van der Waals surface area contributed by atoms with Gasteiger partial charge < -0.3 is 19.5 Å². The minimum Gasteiger partial charge on any atom is -0.465 e. The van der Waals surface area contributed by atoms with Crippen molar-refractivity contribution in [2.24, 2.45) is 0 Å². The molecule has 1 aliphatic heterocycles. The average molecular weight is 370 g/mol. The Labute approximate surface area is 161 Å². The van der Waals surface area contributed by atoms with Crippen LogP contribution >= 0.6 is 0 Å². The number of carbonyl (C=O) groups excluding carboxylic acids is 1. The quantitative estimate of drug-likeness (QED) is 0.812. The highest BCUT2D eigenvalue weighted by molar-refractivity contribution is 5.92. The first-order valence-electron chi connectivity index (χ1n) is 9.64. The highest BCUT2D eigenvalue weighted by atomic mass is 16.3. The lowest BCUT2D eigenvalue weighted by atomic mass is 10.2. The third-order valence-electron chi connectivity index (χ3n) is 4.97. The van der Waals surface area contributed by atoms with Crippen LogP contribution in [0.3, 0.4) is 0 Å². The SMILES string of the molecule is CCN1CCN(c2ccc(NC(=O)CN(C)Cc3ccc(C)o3)cc2)CC1. The third-order valence-corrected chi connectivity index (χ3v) is 4.97. The molecule has 0 atom stereocenters. The topological polar surface area (TPSA) is 52.0 Å². The number of hydrogen-bond acceptors (Lipinski definition) is 5. The van der Waals surface area contributed by atoms with Gasteiger partial charge in [-0.25, -0.2) is 0 Å². The van der Waals surface area contributed by atoms with Gasteiger partial charge in [-0.2, -0.15) is 0 Å². The summed E-state index contributed by atoms with van der Waals surface area (Å²) in [7, 11) is 1.91. The van der Waals surface area contributed by atoms with Crippen molar-refractivity contribution < 1.29 is 9.21 Å². The smallest absolute Gasteiger partial charge is 0.238 e. The number of nitrogens with one attached hydrogen (secondary N) is 1. The van der Waals surface area contributed by atoms with Crippen molar-refractivity contribution in [2.75, 3.05) is 56.5 Å². The molecular weight excluding hydrogens is 340 g/mol. The number of aryl methyl sites for hydroxylation is 1. The van der Waals surface area contributed by atoms with E-state index >= 15 is 0 Å². The Morgan fingerprint density at radius 1 is 1.11 bits per heavy atom. The van der Waals surface area contributed by atoms with Crippen LogP contribution in [-0.2, 0) is 11.3 Å². The Kier molecular flexibility index (Phi) is 6.53. The molecule has 0 aliphatic carbocycles. The number of hydrogen-bond donors (Lipinski definition) is 1. The number of amides is 1. The maximum atomic E-state index is 12.3. The van der Waals surface area contributed by atoms with Gasteiger partial charge in [-0.1, -0.05) is 6.92 Å². The summed E-state index contributed by atoms with van der Waals surface area (Å²) in [5.74, 6) is 1.74. The highest BCUT2D eigenvalue weighted by Gasteiger charge is 2.16. The van der Waals surface area contributed by atoms with E-state index < -0.39 is 0 Å². The summed E-state index contributed by atoms with van der Waals surface area (Å²) in [6.07, 6.45) is 0. The normalized spacial score (nSPS) is 15.3. The van der Waals surface area contributed by atoms with E-state index in [2.05, 4.69) is 34.2 Å². The highest BCUT2D eigenvalue weighted by Crippen LogP contribution is 2.19. The van der Waals surface area contributed by atoms with E-state index in [9.17, 15) is 4.79 Å². The Morgan fingerprint density at radius 2 is 1.81 bits per heavy atom. The molecule has 0 bridgehead atoms. The number of anilines is 2. The molecule has 146 valence electrons. The first-order valence-corrected chi connectivity index (χ1v) is 9.64. The third kappa shape index (κ3) is 5.58. The Hall–Kier alpha value is -2.31. The van der Waals surface area contributed by atoms with Crippen molar-refractivity contribution in [3.8, 4) is 0 Å². The second-order valence-electron chi connectivity index (χ2n) is 7.20. The largest absolute Gasteiger partial charge is 0.465 e. The van der Waals surface area contributed by atoms with Crippen LogP contribution < -0.4 is 10.2 Å². The summed E-state index contributed by atoms with van der Waals surface area (Å²) in [4.78, 5) is 19.1. The second kappa shape index (κ2) is 9.06. The molecular formula is C21H30N4O2. The molecule has 1 aromatic heterocycles. The van der Waals surface area contributed by atoms with Crippen molar-refractivity contribution in [3.05, 3.63) is 47.9 Å². The molecule has 6 nitrogen and oxygen atoms in total. The fourth-order valence-electron chi connectivity index (χ4n) is 3.42. The number of benzene rings is 1. The predicted molar refractivity (Wildman–Crippen MR) is 109 cm³/mol. The van der Waals surface area contributed by atoms with E-state index in [0.717, 1.165) is 49.9 Å². The van der Waals surface area contributed by atoms with Gasteiger partial charge in [0.1, 0.15) is 11.5 Å². The van der Waals surface area contributed by atoms with Crippen LogP contribution in [-0.4, -0.2) is 62.0 Å². The van der Waals surface area contributed by atoms with Crippen molar-refractivity contribution in [3.63, 3.8) is 0 Å². The van der Waals surface area contributed by atoms with Crippen LogP contribution in [0.2, 0.25) is 0 Å². The predicted octanol–water partition coefficient (Wildman–Crippen LogP) is 2.80. The van der Waals surface area contributed by atoms with Crippen LogP contribution in [0.4, 0.5) is 11.4 Å². The summed E-state index contributed by atoms with van der Waals surface area (Å²) < 4.78 is 5.56. The Morgan fingerprint density at radius 3 is 2.41 bits per heavy atom. The van der Waals surface area contributed by atoms with Crippen molar-refractivity contribution in [1.82, 2.24) is 9.80 Å². The van der Waals surface area contributed by atoms with E-state index in [1.165, 1.54) is 5.69 Å². The number of furan rings is 1. The summed E-state index contributed by atoms with van der Waals surface area (Å²) in [6, 6.07) is 12.0. The van der Waals surface area contributed by atoms with Gasteiger partial charge in [0.2, 0.25) is 5.91 Å². The number of carbonyl (C=O) groups is 1. The average Bonchev–Trinajstić information content (AvgIpc) is 3.07. The second-order valence-corrected chi connectivity index (χ2v) is 7.20. The van der Waals surface area contributed by atoms with Crippen molar-refractivity contribution >= 4 is 17.3 Å². The lowest BCUT2D eigenvalue weighted by Gasteiger charge is -2.35. The standard InChI is InChI=1S/C21H30N4O2/c1-4-24-11-13-25(14-12-24)19-8-6-18(7-9-19)22-21(26)16-23(3)15-20-10-5-17(2)27-20/h5-10H,4,11-16H2,1-3H3,(H,22,26). The molecule has 1 N–H and O–H groups in total. The zero-order chi connectivity index (χ0) is 19.2. The lowest BCUT2D eigenvalue weighted by molar-refractivity contribution is -0.117. The van der Waals surface area contributed by atoms with Gasteiger partial charge in [0.25, 0.3) is 0 Å². The summed E-state index contributed by atoms with van der Waals surface area (Å²) in [5.41, 5.74) is 2.05. The number of piperazine rings is 1. The molecule has 0 saturated carbocycles. The number of rotatable bonds is 7. The molecule has 0 radical (unpaired) electrons. The summed E-state index contributed by atoms with van der Waals surface area (Å²) >= 11 is 0. The van der Waals surface area contributed by atoms with Gasteiger partial charge in [-0.3, -0.25) is 9.69 Å². The van der Waals surface area contributed by atoms with E-state index in [0.29, 0.717) is 13.1 Å². The molecule has 1 amide bonds. The van der Waals surface area contributed by atoms with E-state index in [4.69, 9.17) is 4.42 Å². The van der Waals surface area contributed by atoms with Gasteiger partial charge in [0, 0.05) is 37.6 Å². The number of likely N-dealkylation sites (N-methyl/N-ethyl adjacent to an activating group) is 2. The molecule has 1 fully saturated rings. The van der Waals surface area contributed by atoms with E-state index in [1.54, 1.807) is 0 Å². The van der Waals surface area contributed by atoms with Crippen LogP contribution in [0.15, 0.2) is 40.8 Å². The molecule has 2 aromatic rings. The van der Waals surface area contributed by atoms with Crippen LogP contribution in [0.5, 0.6) is 0 Å².